The Morgan fingerprint density at radius 2 is 1.92 bits per heavy atom. The van der Waals surface area contributed by atoms with Crippen LogP contribution >= 0.6 is 43.1 Å². The van der Waals surface area contributed by atoms with Crippen LogP contribution in [-0.4, -0.2) is 40.8 Å². The number of nitrogens with zero attached hydrogens (tertiary/aromatic N) is 2. The van der Waals surface area contributed by atoms with Crippen LogP contribution in [-0.2, 0) is 15.7 Å². The molecule has 0 fully saturated rings. The van der Waals surface area contributed by atoms with Crippen molar-refractivity contribution in [3.05, 3.63) is 35.4 Å². The van der Waals surface area contributed by atoms with Gasteiger partial charge in [-0.1, -0.05) is 24.3 Å². The van der Waals surface area contributed by atoms with E-state index < -0.39 is 7.67 Å². The van der Waals surface area contributed by atoms with Crippen LogP contribution in [0.2, 0.25) is 0 Å². The predicted octanol–water partition coefficient (Wildman–Crippen LogP) is 1.72. The average Bonchev–Trinajstić information content (AvgIpc) is 2.60. The molecule has 0 saturated carbocycles. The predicted molar refractivity (Wildman–Crippen MR) is 107 cm³/mol. The van der Waals surface area contributed by atoms with Crippen LogP contribution in [0.3, 0.4) is 0 Å². The first-order valence-electron chi connectivity index (χ1n) is 7.22. The highest BCUT2D eigenvalue weighted by Gasteiger charge is 2.26. The second-order valence-corrected chi connectivity index (χ2v) is 7.87. The molecule has 1 unspecified atom stereocenters. The molecule has 0 heterocycles. The number of halogens is 2. The van der Waals surface area contributed by atoms with E-state index in [9.17, 15) is 4.57 Å². The molecule has 0 aromatic heterocycles. The molecular formula is C13H21Cl2N6O2PS. The third kappa shape index (κ3) is 8.44. The Hall–Kier alpha value is -0.770. The van der Waals surface area contributed by atoms with Crippen molar-refractivity contribution in [3.63, 3.8) is 0 Å². The van der Waals surface area contributed by atoms with E-state index in [0.717, 1.165) is 11.1 Å². The molecule has 25 heavy (non-hydrogen) atoms. The molecule has 0 amide bonds. The summed E-state index contributed by atoms with van der Waals surface area (Å²) in [6, 6.07) is 7.27. The molecule has 140 valence electrons. The van der Waals surface area contributed by atoms with E-state index >= 15 is 0 Å². The van der Waals surface area contributed by atoms with Gasteiger partial charge in [0.25, 0.3) is 0 Å². The number of hydrogen-bond donors (Lipinski definition) is 4. The summed E-state index contributed by atoms with van der Waals surface area (Å²) in [5.41, 5.74) is 12.2. The third-order valence-electron chi connectivity index (χ3n) is 2.99. The molecule has 1 aromatic rings. The van der Waals surface area contributed by atoms with Crippen molar-refractivity contribution in [1.29, 1.82) is 0 Å². The summed E-state index contributed by atoms with van der Waals surface area (Å²) in [6.07, 6.45) is 1.57. The molecule has 0 radical (unpaired) electrons. The van der Waals surface area contributed by atoms with Crippen LogP contribution in [0.4, 0.5) is 0 Å². The molecule has 0 bridgehead atoms. The van der Waals surface area contributed by atoms with E-state index in [4.69, 9.17) is 51.3 Å². The summed E-state index contributed by atoms with van der Waals surface area (Å²) in [4.78, 5) is 0. The molecule has 1 atom stereocenters. The largest absolute Gasteiger partial charge is 0.341 e. The smallest absolute Gasteiger partial charge is 0.301 e. The Morgan fingerprint density at radius 1 is 1.32 bits per heavy atom. The van der Waals surface area contributed by atoms with Gasteiger partial charge < -0.3 is 4.52 Å². The van der Waals surface area contributed by atoms with Gasteiger partial charge in [-0.25, -0.2) is 16.0 Å². The lowest BCUT2D eigenvalue weighted by atomic mass is 10.2. The molecule has 1 rings (SSSR count). The van der Waals surface area contributed by atoms with Gasteiger partial charge in [-0.2, -0.15) is 5.10 Å². The molecule has 6 N–H and O–H groups in total. The van der Waals surface area contributed by atoms with Crippen LogP contribution in [0.25, 0.3) is 0 Å². The molecule has 0 aliphatic heterocycles. The number of rotatable bonds is 10. The van der Waals surface area contributed by atoms with E-state index in [2.05, 4.69) is 16.0 Å². The molecule has 12 heteroatoms. The van der Waals surface area contributed by atoms with Gasteiger partial charge in [-0.15, -0.1) is 23.2 Å². The second kappa shape index (κ2) is 11.8. The van der Waals surface area contributed by atoms with E-state index in [1.807, 2.05) is 24.3 Å². The second-order valence-electron chi connectivity index (χ2n) is 4.75. The van der Waals surface area contributed by atoms with Crippen molar-refractivity contribution in [3.8, 4) is 0 Å². The number of hydrogen-bond acceptors (Lipinski definition) is 5. The molecule has 1 aromatic carbocycles. The first-order valence-corrected chi connectivity index (χ1v) is 10.3. The van der Waals surface area contributed by atoms with Gasteiger partial charge in [0.15, 0.2) is 0 Å². The van der Waals surface area contributed by atoms with Gasteiger partial charge in [-0.05, 0) is 23.3 Å². The maximum Gasteiger partial charge on any atom is 0.341 e. The number of benzene rings is 1. The van der Waals surface area contributed by atoms with Crippen molar-refractivity contribution in [1.82, 2.24) is 15.5 Å². The van der Waals surface area contributed by atoms with Crippen LogP contribution in [0.1, 0.15) is 11.1 Å². The zero-order chi connectivity index (χ0) is 18.7. The van der Waals surface area contributed by atoms with Crippen LogP contribution in [0.5, 0.6) is 0 Å². The summed E-state index contributed by atoms with van der Waals surface area (Å²) in [6.45, 7) is 0.777. The number of alkyl halides is 2. The maximum absolute atomic E-state index is 12.5. The number of hydrazone groups is 1. The van der Waals surface area contributed by atoms with E-state index in [1.54, 1.807) is 6.21 Å². The van der Waals surface area contributed by atoms with E-state index in [1.165, 1.54) is 4.67 Å². The monoisotopic (exact) mass is 426 g/mol. The molecule has 0 aliphatic rings. The molecular weight excluding hydrogens is 406 g/mol. The van der Waals surface area contributed by atoms with Gasteiger partial charge in [0.2, 0.25) is 5.11 Å². The fraction of sp³-hybridized carbons (Fsp3) is 0.385. The lowest BCUT2D eigenvalue weighted by molar-refractivity contribution is 0.257. The van der Waals surface area contributed by atoms with E-state index in [-0.39, 0.29) is 23.5 Å². The van der Waals surface area contributed by atoms with Crippen molar-refractivity contribution < 1.29 is 9.09 Å². The standard InChI is InChI=1S/C13H21Cl2N6O2PS/c14-5-7-21(8-6-15)24(17,22)23-10-12-3-1-11(2-4-12)9-18-20-13(25)19-16/h1-4,9H,5-8,10,16H2,(H2,17,22)(H2,19,20,25)/b18-9+. The number of nitrogens with two attached hydrogens (primary N) is 2. The van der Waals surface area contributed by atoms with Gasteiger partial charge in [0.1, 0.15) is 0 Å². The average molecular weight is 427 g/mol. The van der Waals surface area contributed by atoms with Gasteiger partial charge >= 0.3 is 7.67 Å². The maximum atomic E-state index is 12.5. The summed E-state index contributed by atoms with van der Waals surface area (Å²) in [5, 5.41) is 4.11. The minimum Gasteiger partial charge on any atom is -0.301 e. The highest BCUT2D eigenvalue weighted by Crippen LogP contribution is 2.43. The molecule has 0 aliphatic carbocycles. The zero-order valence-electron chi connectivity index (χ0n) is 13.4. The van der Waals surface area contributed by atoms with Crippen LogP contribution in [0, 0.1) is 0 Å². The number of thiocarbonyl (C=S) groups is 1. The summed E-state index contributed by atoms with van der Waals surface area (Å²) in [5.74, 6) is 5.67. The minimum absolute atomic E-state index is 0.103. The Morgan fingerprint density at radius 3 is 2.44 bits per heavy atom. The third-order valence-corrected chi connectivity index (χ3v) is 5.22. The normalized spacial score (nSPS) is 13.8. The van der Waals surface area contributed by atoms with Crippen molar-refractivity contribution in [2.75, 3.05) is 24.8 Å². The van der Waals surface area contributed by atoms with Crippen molar-refractivity contribution in [2.45, 2.75) is 6.61 Å². The lowest BCUT2D eigenvalue weighted by Crippen LogP contribution is -2.37. The van der Waals surface area contributed by atoms with Crippen LogP contribution < -0.4 is 22.2 Å². The van der Waals surface area contributed by atoms with Crippen molar-refractivity contribution >= 4 is 54.4 Å². The van der Waals surface area contributed by atoms with Gasteiger partial charge in [0, 0.05) is 24.8 Å². The molecule has 0 saturated heterocycles. The topological polar surface area (TPSA) is 118 Å². The fourth-order valence-electron chi connectivity index (χ4n) is 1.73. The minimum atomic E-state index is -3.45. The number of hydrazine groups is 1. The Labute approximate surface area is 162 Å². The molecule has 0 spiro atoms. The molecule has 8 nitrogen and oxygen atoms in total. The Balaban J connectivity index is 2.59. The fourth-order valence-corrected chi connectivity index (χ4v) is 3.68. The quantitative estimate of drug-likeness (QED) is 0.111. The summed E-state index contributed by atoms with van der Waals surface area (Å²) < 4.78 is 19.3. The van der Waals surface area contributed by atoms with Gasteiger partial charge in [0.05, 0.1) is 12.8 Å². The lowest BCUT2D eigenvalue weighted by Gasteiger charge is -2.26. The summed E-state index contributed by atoms with van der Waals surface area (Å²) >= 11 is 16.2. The van der Waals surface area contributed by atoms with Gasteiger partial charge in [-0.3, -0.25) is 15.4 Å². The summed E-state index contributed by atoms with van der Waals surface area (Å²) in [7, 11) is -3.45. The highest BCUT2D eigenvalue weighted by atomic mass is 35.5. The SMILES string of the molecule is NNC(=S)N/N=C/c1ccc(COP(N)(=O)N(CCCl)CCCl)cc1. The van der Waals surface area contributed by atoms with E-state index in [0.29, 0.717) is 13.1 Å². The number of nitrogens with one attached hydrogen (secondary N) is 2. The van der Waals surface area contributed by atoms with Crippen LogP contribution in [0.15, 0.2) is 29.4 Å². The zero-order valence-corrected chi connectivity index (χ0v) is 16.6. The Kier molecular flexibility index (Phi) is 10.5. The first-order chi connectivity index (χ1) is 11.9. The highest BCUT2D eigenvalue weighted by molar-refractivity contribution is 7.80. The van der Waals surface area contributed by atoms with Crippen molar-refractivity contribution in [2.24, 2.45) is 16.4 Å². The Bertz CT molecular complexity index is 613. The first kappa shape index (κ1) is 22.3.